The smallest absolute Gasteiger partial charge is 0.253 e. The fourth-order valence-corrected chi connectivity index (χ4v) is 3.35. The number of alkyl halides is 2. The zero-order valence-electron chi connectivity index (χ0n) is 13.4. The van der Waals surface area contributed by atoms with Gasteiger partial charge < -0.3 is 10.2 Å². The Kier molecular flexibility index (Phi) is 6.15. The predicted octanol–water partition coefficient (Wildman–Crippen LogP) is 3.59. The molecule has 1 N–H and O–H groups in total. The third-order valence-corrected chi connectivity index (χ3v) is 4.76. The molecule has 2 fully saturated rings. The lowest BCUT2D eigenvalue weighted by molar-refractivity contribution is -0.0494. The van der Waals surface area contributed by atoms with E-state index in [9.17, 15) is 18.0 Å². The number of nitrogens with one attached hydrogen (secondary N) is 1. The molecule has 3 nitrogen and oxygen atoms in total. The van der Waals surface area contributed by atoms with E-state index < -0.39 is 11.7 Å². The van der Waals surface area contributed by atoms with Crippen molar-refractivity contribution in [3.8, 4) is 0 Å². The molecule has 3 rings (SSSR count). The summed E-state index contributed by atoms with van der Waals surface area (Å²) in [6.07, 6.45) is 1.17. The van der Waals surface area contributed by atoms with Crippen LogP contribution < -0.4 is 5.32 Å². The van der Waals surface area contributed by atoms with Gasteiger partial charge in [-0.3, -0.25) is 4.79 Å². The highest BCUT2D eigenvalue weighted by Crippen LogP contribution is 2.30. The van der Waals surface area contributed by atoms with Crippen LogP contribution in [0.5, 0.6) is 0 Å². The second-order valence-electron chi connectivity index (χ2n) is 6.45. The highest BCUT2D eigenvalue weighted by atomic mass is 35.5. The van der Waals surface area contributed by atoms with Crippen molar-refractivity contribution < 1.29 is 18.0 Å². The highest BCUT2D eigenvalue weighted by molar-refractivity contribution is 5.94. The van der Waals surface area contributed by atoms with Gasteiger partial charge in [-0.25, -0.2) is 13.2 Å². The number of carbonyl (C=O) groups is 1. The molecule has 2 aliphatic heterocycles. The van der Waals surface area contributed by atoms with Gasteiger partial charge in [0.2, 0.25) is 0 Å². The first-order chi connectivity index (χ1) is 10.9. The van der Waals surface area contributed by atoms with Crippen molar-refractivity contribution >= 4 is 18.3 Å². The molecule has 0 atom stereocenters. The van der Waals surface area contributed by atoms with Crippen molar-refractivity contribution in [2.75, 3.05) is 26.2 Å². The van der Waals surface area contributed by atoms with Gasteiger partial charge in [0.25, 0.3) is 11.8 Å². The molecule has 7 heteroatoms. The Bertz CT molecular complexity index is 581. The number of halogens is 4. The van der Waals surface area contributed by atoms with Crippen molar-refractivity contribution in [2.24, 2.45) is 0 Å². The molecular formula is C17H22ClF3N2O. The van der Waals surface area contributed by atoms with Crippen LogP contribution in [0.3, 0.4) is 0 Å². The van der Waals surface area contributed by atoms with E-state index in [1.807, 2.05) is 0 Å². The maximum atomic E-state index is 13.9. The second-order valence-corrected chi connectivity index (χ2v) is 6.45. The number of amides is 1. The number of benzene rings is 1. The molecule has 2 heterocycles. The lowest BCUT2D eigenvalue weighted by Crippen LogP contribution is -2.42. The zero-order chi connectivity index (χ0) is 16.4. The summed E-state index contributed by atoms with van der Waals surface area (Å²) in [5.74, 6) is -3.25. The number of rotatable bonds is 2. The van der Waals surface area contributed by atoms with E-state index in [0.717, 1.165) is 31.5 Å². The summed E-state index contributed by atoms with van der Waals surface area (Å²) < 4.78 is 40.3. The molecule has 0 saturated carbocycles. The molecular weight excluding hydrogens is 341 g/mol. The van der Waals surface area contributed by atoms with Gasteiger partial charge in [0.15, 0.2) is 0 Å². The Morgan fingerprint density at radius 1 is 1.12 bits per heavy atom. The van der Waals surface area contributed by atoms with Crippen molar-refractivity contribution in [3.05, 3.63) is 35.1 Å². The van der Waals surface area contributed by atoms with E-state index in [1.165, 1.54) is 17.0 Å². The first-order valence-corrected chi connectivity index (χ1v) is 8.13. The van der Waals surface area contributed by atoms with Gasteiger partial charge in [0.1, 0.15) is 5.82 Å². The van der Waals surface area contributed by atoms with Crippen LogP contribution in [0.15, 0.2) is 18.2 Å². The molecule has 0 unspecified atom stereocenters. The molecule has 0 aromatic heterocycles. The van der Waals surface area contributed by atoms with E-state index >= 15 is 0 Å². The van der Waals surface area contributed by atoms with Gasteiger partial charge in [-0.2, -0.15) is 0 Å². The minimum atomic E-state index is -2.70. The first kappa shape index (κ1) is 19.1. The monoisotopic (exact) mass is 362 g/mol. The van der Waals surface area contributed by atoms with Crippen molar-refractivity contribution in [2.45, 2.75) is 37.5 Å². The van der Waals surface area contributed by atoms with E-state index in [4.69, 9.17) is 0 Å². The van der Waals surface area contributed by atoms with Crippen LogP contribution in [-0.4, -0.2) is 42.9 Å². The van der Waals surface area contributed by atoms with Crippen molar-refractivity contribution in [1.29, 1.82) is 0 Å². The van der Waals surface area contributed by atoms with Crippen LogP contribution in [0.1, 0.15) is 47.5 Å². The summed E-state index contributed by atoms with van der Waals surface area (Å²) in [5, 5.41) is 3.26. The van der Waals surface area contributed by atoms with Crippen LogP contribution in [-0.2, 0) is 0 Å². The average molecular weight is 363 g/mol. The number of carbonyl (C=O) groups excluding carboxylic acids is 1. The van der Waals surface area contributed by atoms with Crippen LogP contribution >= 0.6 is 12.4 Å². The van der Waals surface area contributed by atoms with E-state index in [-0.39, 0.29) is 55.7 Å². The number of hydrogen-bond acceptors (Lipinski definition) is 2. The highest BCUT2D eigenvalue weighted by Gasteiger charge is 2.36. The Morgan fingerprint density at radius 3 is 2.38 bits per heavy atom. The topological polar surface area (TPSA) is 32.3 Å². The maximum absolute atomic E-state index is 13.9. The molecule has 1 amide bonds. The average Bonchev–Trinajstić information content (AvgIpc) is 2.54. The van der Waals surface area contributed by atoms with Gasteiger partial charge in [0.05, 0.1) is 0 Å². The number of hydrogen-bond donors (Lipinski definition) is 1. The molecule has 0 bridgehead atoms. The Labute approximate surface area is 146 Å². The standard InChI is InChI=1S/C17H21F3N2O.ClH/c18-15-10-13(12-1-5-21-6-2-12)9-14(11-15)16(23)22-7-3-17(19,20)4-8-22;/h9-12,21H,1-8H2;1H. The zero-order valence-corrected chi connectivity index (χ0v) is 14.2. The summed E-state index contributed by atoms with van der Waals surface area (Å²) in [5.41, 5.74) is 1.10. The first-order valence-electron chi connectivity index (χ1n) is 8.13. The minimum absolute atomic E-state index is 0. The SMILES string of the molecule is Cl.O=C(c1cc(F)cc(C2CCNCC2)c1)N1CCC(F)(F)CC1. The largest absolute Gasteiger partial charge is 0.338 e. The fraction of sp³-hybridized carbons (Fsp3) is 0.588. The molecule has 2 saturated heterocycles. The summed E-state index contributed by atoms with van der Waals surface area (Å²) in [6.45, 7) is 1.80. The molecule has 1 aromatic rings. The normalized spacial score (nSPS) is 21.2. The second kappa shape index (κ2) is 7.74. The lowest BCUT2D eigenvalue weighted by Gasteiger charge is -2.32. The van der Waals surface area contributed by atoms with Gasteiger partial charge in [0, 0.05) is 31.5 Å². The van der Waals surface area contributed by atoms with Gasteiger partial charge in [-0.05, 0) is 55.6 Å². The van der Waals surface area contributed by atoms with E-state index in [0.29, 0.717) is 0 Å². The number of likely N-dealkylation sites (tertiary alicyclic amines) is 1. The molecule has 2 aliphatic rings. The van der Waals surface area contributed by atoms with Crippen LogP contribution in [0.4, 0.5) is 13.2 Å². The predicted molar refractivity (Wildman–Crippen MR) is 88.6 cm³/mol. The van der Waals surface area contributed by atoms with Crippen molar-refractivity contribution in [1.82, 2.24) is 10.2 Å². The molecule has 134 valence electrons. The number of piperidine rings is 2. The summed E-state index contributed by atoms with van der Waals surface area (Å²) in [6, 6.07) is 4.42. The minimum Gasteiger partial charge on any atom is -0.338 e. The molecule has 0 spiro atoms. The fourth-order valence-electron chi connectivity index (χ4n) is 3.35. The molecule has 1 aromatic carbocycles. The summed E-state index contributed by atoms with van der Waals surface area (Å²) in [4.78, 5) is 13.9. The summed E-state index contributed by atoms with van der Waals surface area (Å²) in [7, 11) is 0. The summed E-state index contributed by atoms with van der Waals surface area (Å²) >= 11 is 0. The molecule has 0 radical (unpaired) electrons. The van der Waals surface area contributed by atoms with Gasteiger partial charge >= 0.3 is 0 Å². The Balaban J connectivity index is 0.00000208. The molecule has 24 heavy (non-hydrogen) atoms. The van der Waals surface area contributed by atoms with E-state index in [2.05, 4.69) is 5.32 Å². The lowest BCUT2D eigenvalue weighted by atomic mass is 9.89. The van der Waals surface area contributed by atoms with Crippen molar-refractivity contribution in [3.63, 3.8) is 0 Å². The third-order valence-electron chi connectivity index (χ3n) is 4.76. The Hall–Kier alpha value is -1.27. The molecule has 0 aliphatic carbocycles. The third kappa shape index (κ3) is 4.42. The number of nitrogens with zero attached hydrogens (tertiary/aromatic N) is 1. The van der Waals surface area contributed by atoms with Gasteiger partial charge in [-0.15, -0.1) is 12.4 Å². The maximum Gasteiger partial charge on any atom is 0.253 e. The van der Waals surface area contributed by atoms with Gasteiger partial charge in [-0.1, -0.05) is 0 Å². The van der Waals surface area contributed by atoms with E-state index in [1.54, 1.807) is 6.07 Å². The Morgan fingerprint density at radius 2 is 1.75 bits per heavy atom. The van der Waals surface area contributed by atoms with Crippen LogP contribution in [0, 0.1) is 5.82 Å². The van der Waals surface area contributed by atoms with Crippen LogP contribution in [0.2, 0.25) is 0 Å². The quantitative estimate of drug-likeness (QED) is 0.872. The van der Waals surface area contributed by atoms with Crippen LogP contribution in [0.25, 0.3) is 0 Å².